The molecular weight excluding hydrogens is 266 g/mol. The van der Waals surface area contributed by atoms with Crippen molar-refractivity contribution in [1.29, 1.82) is 0 Å². The Labute approximate surface area is 125 Å². The number of anilines is 2. The predicted molar refractivity (Wildman–Crippen MR) is 84.1 cm³/mol. The van der Waals surface area contributed by atoms with Gasteiger partial charge in [0.05, 0.1) is 6.26 Å². The molecule has 0 bridgehead atoms. The second kappa shape index (κ2) is 5.73. The highest BCUT2D eigenvalue weighted by Gasteiger charge is 2.20. The van der Waals surface area contributed by atoms with Crippen LogP contribution < -0.4 is 16.2 Å². The first kappa shape index (κ1) is 15.3. The summed E-state index contributed by atoms with van der Waals surface area (Å²) in [6.45, 7) is 8.90. The number of nitrogens with zero attached hydrogens (tertiary/aromatic N) is 3. The quantitative estimate of drug-likeness (QED) is 0.665. The second-order valence-corrected chi connectivity index (χ2v) is 6.19. The predicted octanol–water partition coefficient (Wildman–Crippen LogP) is 2.60. The summed E-state index contributed by atoms with van der Waals surface area (Å²) in [4.78, 5) is 11.1. The van der Waals surface area contributed by atoms with Gasteiger partial charge in [0, 0.05) is 30.6 Å². The van der Waals surface area contributed by atoms with Gasteiger partial charge >= 0.3 is 0 Å². The van der Waals surface area contributed by atoms with Crippen LogP contribution in [0.2, 0.25) is 0 Å². The van der Waals surface area contributed by atoms with E-state index in [-0.39, 0.29) is 5.41 Å². The fourth-order valence-corrected chi connectivity index (χ4v) is 1.95. The van der Waals surface area contributed by atoms with Crippen molar-refractivity contribution in [3.63, 3.8) is 0 Å². The van der Waals surface area contributed by atoms with Gasteiger partial charge in [-0.1, -0.05) is 20.8 Å². The van der Waals surface area contributed by atoms with Gasteiger partial charge in [-0.25, -0.2) is 15.8 Å². The van der Waals surface area contributed by atoms with Gasteiger partial charge in [-0.05, 0) is 13.0 Å². The van der Waals surface area contributed by atoms with Crippen LogP contribution in [0.4, 0.5) is 11.6 Å². The van der Waals surface area contributed by atoms with Crippen molar-refractivity contribution in [2.75, 3.05) is 17.4 Å². The molecule has 0 saturated carbocycles. The van der Waals surface area contributed by atoms with Crippen LogP contribution in [0.1, 0.15) is 37.9 Å². The Kier molecular flexibility index (Phi) is 4.18. The lowest BCUT2D eigenvalue weighted by molar-refractivity contribution is 0.529. The van der Waals surface area contributed by atoms with Crippen LogP contribution in [0, 0.1) is 6.92 Å². The van der Waals surface area contributed by atoms with Crippen molar-refractivity contribution >= 4 is 11.6 Å². The molecular formula is C15H23N5O. The zero-order valence-corrected chi connectivity index (χ0v) is 13.3. The molecule has 0 aliphatic carbocycles. The number of aryl methyl sites for hydroxylation is 1. The summed E-state index contributed by atoms with van der Waals surface area (Å²) in [5.41, 5.74) is 3.60. The molecule has 0 unspecified atom stereocenters. The summed E-state index contributed by atoms with van der Waals surface area (Å²) in [7, 11) is 1.99. The third-order valence-electron chi connectivity index (χ3n) is 3.30. The summed E-state index contributed by atoms with van der Waals surface area (Å²) < 4.78 is 5.33. The zero-order valence-electron chi connectivity index (χ0n) is 13.3. The first-order valence-electron chi connectivity index (χ1n) is 6.91. The van der Waals surface area contributed by atoms with Crippen molar-refractivity contribution in [3.05, 3.63) is 35.5 Å². The van der Waals surface area contributed by atoms with Gasteiger partial charge < -0.3 is 14.7 Å². The molecule has 0 radical (unpaired) electrons. The maximum atomic E-state index is 5.52. The van der Waals surface area contributed by atoms with Crippen LogP contribution in [0.5, 0.6) is 0 Å². The maximum Gasteiger partial charge on any atom is 0.145 e. The summed E-state index contributed by atoms with van der Waals surface area (Å²) in [6.07, 6.45) is 1.70. The Morgan fingerprint density at radius 2 is 2.05 bits per heavy atom. The van der Waals surface area contributed by atoms with Crippen molar-refractivity contribution < 1.29 is 4.42 Å². The molecule has 2 aromatic rings. The van der Waals surface area contributed by atoms with E-state index in [0.29, 0.717) is 12.4 Å². The molecule has 0 atom stereocenters. The van der Waals surface area contributed by atoms with Crippen molar-refractivity contribution in [2.45, 2.75) is 39.7 Å². The number of hydrazine groups is 1. The van der Waals surface area contributed by atoms with E-state index in [1.807, 2.05) is 26.1 Å². The minimum Gasteiger partial charge on any atom is -0.469 e. The van der Waals surface area contributed by atoms with E-state index in [4.69, 9.17) is 10.3 Å². The average Bonchev–Trinajstić information content (AvgIpc) is 2.82. The van der Waals surface area contributed by atoms with Crippen LogP contribution in [0.15, 0.2) is 22.8 Å². The van der Waals surface area contributed by atoms with Gasteiger partial charge in [-0.3, -0.25) is 0 Å². The minimum absolute atomic E-state index is 0.145. The fourth-order valence-electron chi connectivity index (χ4n) is 1.95. The third-order valence-corrected chi connectivity index (χ3v) is 3.30. The molecule has 0 aliphatic heterocycles. The Morgan fingerprint density at radius 3 is 2.57 bits per heavy atom. The molecule has 21 heavy (non-hydrogen) atoms. The highest BCUT2D eigenvalue weighted by molar-refractivity contribution is 5.49. The maximum absolute atomic E-state index is 5.52. The normalized spacial score (nSPS) is 11.5. The van der Waals surface area contributed by atoms with E-state index in [1.165, 1.54) is 0 Å². The molecule has 114 valence electrons. The van der Waals surface area contributed by atoms with E-state index in [0.717, 1.165) is 23.0 Å². The molecule has 0 fully saturated rings. The lowest BCUT2D eigenvalue weighted by Crippen LogP contribution is -2.23. The number of nitrogens with one attached hydrogen (secondary N) is 1. The highest BCUT2D eigenvalue weighted by Crippen LogP contribution is 2.24. The van der Waals surface area contributed by atoms with E-state index >= 15 is 0 Å². The number of hydrogen-bond donors (Lipinski definition) is 2. The topological polar surface area (TPSA) is 80.2 Å². The first-order chi connectivity index (χ1) is 9.81. The molecule has 0 aliphatic rings. The number of nitrogens with two attached hydrogens (primary N) is 1. The van der Waals surface area contributed by atoms with E-state index in [1.54, 1.807) is 6.26 Å². The first-order valence-corrected chi connectivity index (χ1v) is 6.91. The monoisotopic (exact) mass is 289 g/mol. The number of rotatable bonds is 4. The molecule has 6 heteroatoms. The van der Waals surface area contributed by atoms with Crippen LogP contribution in [0.25, 0.3) is 0 Å². The molecule has 0 aromatic carbocycles. The van der Waals surface area contributed by atoms with Gasteiger partial charge in [-0.15, -0.1) is 0 Å². The van der Waals surface area contributed by atoms with E-state index < -0.39 is 0 Å². The molecule has 0 saturated heterocycles. The number of hydrogen-bond acceptors (Lipinski definition) is 6. The Bertz CT molecular complexity index is 615. The van der Waals surface area contributed by atoms with Crippen LogP contribution in [-0.4, -0.2) is 17.0 Å². The second-order valence-electron chi connectivity index (χ2n) is 6.19. The molecule has 0 spiro atoms. The van der Waals surface area contributed by atoms with E-state index in [9.17, 15) is 0 Å². The van der Waals surface area contributed by atoms with Crippen LogP contribution in [0.3, 0.4) is 0 Å². The van der Waals surface area contributed by atoms with Crippen molar-refractivity contribution in [3.8, 4) is 0 Å². The fraction of sp³-hybridized carbons (Fsp3) is 0.467. The minimum atomic E-state index is -0.145. The van der Waals surface area contributed by atoms with E-state index in [2.05, 4.69) is 41.1 Å². The van der Waals surface area contributed by atoms with Gasteiger partial charge in [0.2, 0.25) is 0 Å². The molecule has 2 rings (SSSR count). The molecule has 6 nitrogen and oxygen atoms in total. The highest BCUT2D eigenvalue weighted by atomic mass is 16.3. The third kappa shape index (κ3) is 3.52. The molecule has 3 N–H and O–H groups in total. The van der Waals surface area contributed by atoms with Gasteiger partial charge in [0.15, 0.2) is 0 Å². The van der Waals surface area contributed by atoms with Crippen molar-refractivity contribution in [2.24, 2.45) is 5.84 Å². The number of furan rings is 1. The molecule has 2 heterocycles. The smallest absolute Gasteiger partial charge is 0.145 e. The summed E-state index contributed by atoms with van der Waals surface area (Å²) in [5.74, 6) is 8.63. The molecule has 0 amide bonds. The van der Waals surface area contributed by atoms with Gasteiger partial charge in [0.25, 0.3) is 0 Å². The van der Waals surface area contributed by atoms with Crippen molar-refractivity contribution in [1.82, 2.24) is 9.97 Å². The standard InChI is InChI=1S/C15H23N5O/c1-10-11(6-7-21-10)9-20(5)13-8-12(19-16)17-14(18-13)15(2,3)4/h6-8H,9,16H2,1-5H3,(H,17,18,19). The lowest BCUT2D eigenvalue weighted by Gasteiger charge is -2.23. The lowest BCUT2D eigenvalue weighted by atomic mass is 9.96. The van der Waals surface area contributed by atoms with Gasteiger partial charge in [-0.2, -0.15) is 0 Å². The number of nitrogen functional groups attached to an aromatic ring is 1. The summed E-state index contributed by atoms with van der Waals surface area (Å²) >= 11 is 0. The van der Waals surface area contributed by atoms with Crippen LogP contribution >= 0.6 is 0 Å². The summed E-state index contributed by atoms with van der Waals surface area (Å²) in [6, 6.07) is 3.81. The SMILES string of the molecule is Cc1occc1CN(C)c1cc(NN)nc(C(C)(C)C)n1. The number of aromatic nitrogens is 2. The summed E-state index contributed by atoms with van der Waals surface area (Å²) in [5, 5.41) is 0. The largest absolute Gasteiger partial charge is 0.469 e. The zero-order chi connectivity index (χ0) is 15.6. The molecule has 2 aromatic heterocycles. The Balaban J connectivity index is 2.32. The van der Waals surface area contributed by atoms with Gasteiger partial charge in [0.1, 0.15) is 23.2 Å². The Morgan fingerprint density at radius 1 is 1.33 bits per heavy atom. The Hall–Kier alpha value is -2.08. The van der Waals surface area contributed by atoms with Crippen LogP contribution in [-0.2, 0) is 12.0 Å². The average molecular weight is 289 g/mol.